The van der Waals surface area contributed by atoms with Gasteiger partial charge in [-0.3, -0.25) is 9.69 Å². The Bertz CT molecular complexity index is 894. The number of ether oxygens (including phenoxy) is 1. The molecule has 5 nitrogen and oxygen atoms in total. The number of amides is 1. The van der Waals surface area contributed by atoms with Crippen LogP contribution in [0.1, 0.15) is 13.8 Å². The highest BCUT2D eigenvalue weighted by Crippen LogP contribution is 2.35. The van der Waals surface area contributed by atoms with E-state index in [4.69, 9.17) is 4.74 Å². The van der Waals surface area contributed by atoms with Gasteiger partial charge in [-0.25, -0.2) is 13.6 Å². The first-order chi connectivity index (χ1) is 12.8. The van der Waals surface area contributed by atoms with Crippen molar-refractivity contribution in [1.29, 1.82) is 0 Å². The van der Waals surface area contributed by atoms with Crippen LogP contribution in [0.3, 0.4) is 0 Å². The summed E-state index contributed by atoms with van der Waals surface area (Å²) in [5, 5.41) is 2.90. The number of anilines is 2. The van der Waals surface area contributed by atoms with Crippen molar-refractivity contribution in [2.75, 3.05) is 16.8 Å². The molecule has 27 heavy (non-hydrogen) atoms. The molecule has 0 spiro atoms. The van der Waals surface area contributed by atoms with E-state index in [0.717, 1.165) is 0 Å². The van der Waals surface area contributed by atoms with Crippen LogP contribution in [0.2, 0.25) is 0 Å². The number of rotatable bonds is 5. The average Bonchev–Trinajstić information content (AvgIpc) is 2.90. The van der Waals surface area contributed by atoms with Crippen molar-refractivity contribution in [3.05, 3.63) is 71.9 Å². The summed E-state index contributed by atoms with van der Waals surface area (Å²) in [5.41, 5.74) is -0.429. The third-order valence-corrected chi connectivity index (χ3v) is 4.22. The summed E-state index contributed by atoms with van der Waals surface area (Å²) in [5.74, 6) is -1.96. The highest BCUT2D eigenvalue weighted by atomic mass is 19.1. The molecule has 0 radical (unpaired) electrons. The van der Waals surface area contributed by atoms with Crippen LogP contribution in [-0.2, 0) is 14.3 Å². The largest absolute Gasteiger partial charge is 0.464 e. The van der Waals surface area contributed by atoms with Gasteiger partial charge in [-0.2, -0.15) is 0 Å². The molecule has 140 valence electrons. The summed E-state index contributed by atoms with van der Waals surface area (Å²) in [6.45, 7) is 3.36. The fourth-order valence-electron chi connectivity index (χ4n) is 2.92. The molecule has 2 aromatic carbocycles. The highest BCUT2D eigenvalue weighted by molar-refractivity contribution is 6.16. The summed E-state index contributed by atoms with van der Waals surface area (Å²) < 4.78 is 31.5. The Hall–Kier alpha value is -3.22. The molecule has 0 aliphatic carbocycles. The van der Waals surface area contributed by atoms with Gasteiger partial charge in [0.15, 0.2) is 5.54 Å². The lowest BCUT2D eigenvalue weighted by atomic mass is 10.0. The van der Waals surface area contributed by atoms with E-state index in [1.165, 1.54) is 59.5 Å². The smallest absolute Gasteiger partial charge is 0.336 e. The van der Waals surface area contributed by atoms with Gasteiger partial charge in [-0.15, -0.1) is 0 Å². The van der Waals surface area contributed by atoms with Crippen LogP contribution < -0.4 is 10.2 Å². The molecule has 0 bridgehead atoms. The van der Waals surface area contributed by atoms with Gasteiger partial charge in [-0.05, 0) is 68.5 Å². The number of benzene rings is 2. The zero-order valence-corrected chi connectivity index (χ0v) is 14.8. The maximum Gasteiger partial charge on any atom is 0.336 e. The van der Waals surface area contributed by atoms with E-state index in [1.54, 1.807) is 13.8 Å². The van der Waals surface area contributed by atoms with Crippen LogP contribution in [-0.4, -0.2) is 24.0 Å². The van der Waals surface area contributed by atoms with E-state index < -0.39 is 29.0 Å². The minimum atomic E-state index is -1.41. The minimum absolute atomic E-state index is 0.140. The van der Waals surface area contributed by atoms with E-state index in [1.807, 2.05) is 0 Å². The zero-order chi connectivity index (χ0) is 19.6. The first kappa shape index (κ1) is 18.6. The van der Waals surface area contributed by atoms with Crippen LogP contribution in [0.4, 0.5) is 20.2 Å². The van der Waals surface area contributed by atoms with Gasteiger partial charge in [0.2, 0.25) is 0 Å². The number of carbonyl (C=O) groups excluding carboxylic acids is 2. The van der Waals surface area contributed by atoms with Crippen molar-refractivity contribution in [3.8, 4) is 0 Å². The van der Waals surface area contributed by atoms with Gasteiger partial charge < -0.3 is 10.1 Å². The fraction of sp³-hybridized carbons (Fsp3) is 0.200. The van der Waals surface area contributed by atoms with Crippen molar-refractivity contribution in [2.45, 2.75) is 19.4 Å². The molecule has 1 heterocycles. The predicted octanol–water partition coefficient (Wildman–Crippen LogP) is 3.63. The zero-order valence-electron chi connectivity index (χ0n) is 14.8. The first-order valence-corrected chi connectivity index (χ1v) is 8.38. The molecular weight excluding hydrogens is 354 g/mol. The Morgan fingerprint density at radius 3 is 2.19 bits per heavy atom. The van der Waals surface area contributed by atoms with Gasteiger partial charge in [0, 0.05) is 11.4 Å². The maximum atomic E-state index is 13.3. The van der Waals surface area contributed by atoms with E-state index in [0.29, 0.717) is 11.4 Å². The number of carbonyl (C=O) groups is 2. The molecule has 1 aliphatic heterocycles. The van der Waals surface area contributed by atoms with Gasteiger partial charge in [-0.1, -0.05) is 0 Å². The van der Waals surface area contributed by atoms with Gasteiger partial charge >= 0.3 is 5.97 Å². The molecule has 0 aromatic heterocycles. The highest BCUT2D eigenvalue weighted by Gasteiger charge is 2.49. The number of hydrogen-bond acceptors (Lipinski definition) is 4. The number of esters is 1. The second-order valence-electron chi connectivity index (χ2n) is 6.17. The van der Waals surface area contributed by atoms with Crippen molar-refractivity contribution < 1.29 is 23.1 Å². The third kappa shape index (κ3) is 3.53. The van der Waals surface area contributed by atoms with E-state index >= 15 is 0 Å². The molecule has 1 unspecified atom stereocenters. The summed E-state index contributed by atoms with van der Waals surface area (Å²) in [4.78, 5) is 26.8. The lowest BCUT2D eigenvalue weighted by Gasteiger charge is -2.32. The lowest BCUT2D eigenvalue weighted by Crippen LogP contribution is -2.51. The molecule has 0 saturated carbocycles. The van der Waals surface area contributed by atoms with Crippen molar-refractivity contribution in [2.24, 2.45) is 0 Å². The summed E-state index contributed by atoms with van der Waals surface area (Å²) in [6.07, 6.45) is 1.46. The second-order valence-corrected chi connectivity index (χ2v) is 6.17. The molecule has 1 N–H and O–H groups in total. The molecule has 2 aromatic rings. The predicted molar refractivity (Wildman–Crippen MR) is 97.0 cm³/mol. The van der Waals surface area contributed by atoms with Crippen molar-refractivity contribution >= 4 is 23.3 Å². The van der Waals surface area contributed by atoms with Crippen LogP contribution in [0.5, 0.6) is 0 Å². The fourth-order valence-corrected chi connectivity index (χ4v) is 2.92. The standard InChI is InChI=1S/C20H18F2N2O3/c1-3-27-19(26)20(2)12-17(23-15-8-4-13(21)5-9-15)18(25)24(20)16-10-6-14(22)7-11-16/h4-12,23H,3H2,1-2H3. The molecule has 1 aliphatic rings. The first-order valence-electron chi connectivity index (χ1n) is 8.38. The molecule has 1 amide bonds. The topological polar surface area (TPSA) is 58.6 Å². The Morgan fingerprint density at radius 1 is 1.07 bits per heavy atom. The summed E-state index contributed by atoms with van der Waals surface area (Å²) >= 11 is 0. The number of halogens is 2. The molecule has 0 saturated heterocycles. The Morgan fingerprint density at radius 2 is 1.63 bits per heavy atom. The van der Waals surface area contributed by atoms with E-state index in [9.17, 15) is 18.4 Å². The van der Waals surface area contributed by atoms with Crippen LogP contribution >= 0.6 is 0 Å². The quantitative estimate of drug-likeness (QED) is 0.815. The number of nitrogens with one attached hydrogen (secondary N) is 1. The molecule has 0 fully saturated rings. The van der Waals surface area contributed by atoms with E-state index in [2.05, 4.69) is 5.32 Å². The summed E-state index contributed by atoms with van der Waals surface area (Å²) in [6, 6.07) is 10.7. The minimum Gasteiger partial charge on any atom is -0.464 e. The maximum absolute atomic E-state index is 13.3. The van der Waals surface area contributed by atoms with Gasteiger partial charge in [0.05, 0.1) is 6.61 Å². The number of hydrogen-bond donors (Lipinski definition) is 1. The third-order valence-electron chi connectivity index (χ3n) is 4.22. The Balaban J connectivity index is 1.99. The monoisotopic (exact) mass is 372 g/mol. The van der Waals surface area contributed by atoms with Gasteiger partial charge in [0.1, 0.15) is 17.3 Å². The molecule has 3 rings (SSSR count). The Kier molecular flexibility index (Phi) is 4.94. The molecular formula is C20H18F2N2O3. The van der Waals surface area contributed by atoms with Crippen molar-refractivity contribution in [1.82, 2.24) is 0 Å². The summed E-state index contributed by atoms with van der Waals surface area (Å²) in [7, 11) is 0. The van der Waals surface area contributed by atoms with Crippen LogP contribution in [0, 0.1) is 11.6 Å². The normalized spacial score (nSPS) is 19.0. The average molecular weight is 372 g/mol. The molecule has 1 atom stereocenters. The number of nitrogens with zero attached hydrogens (tertiary/aromatic N) is 1. The van der Waals surface area contributed by atoms with Crippen molar-refractivity contribution in [3.63, 3.8) is 0 Å². The van der Waals surface area contributed by atoms with Crippen LogP contribution in [0.15, 0.2) is 60.3 Å². The van der Waals surface area contributed by atoms with Crippen LogP contribution in [0.25, 0.3) is 0 Å². The molecule has 7 heteroatoms. The van der Waals surface area contributed by atoms with Gasteiger partial charge in [0.25, 0.3) is 5.91 Å². The lowest BCUT2D eigenvalue weighted by molar-refractivity contribution is -0.147. The second kappa shape index (κ2) is 7.19. The SMILES string of the molecule is CCOC(=O)C1(C)C=C(Nc2ccc(F)cc2)C(=O)N1c1ccc(F)cc1. The van der Waals surface area contributed by atoms with E-state index in [-0.39, 0.29) is 12.3 Å². The Labute approximate surface area is 155 Å².